The maximum atomic E-state index is 11.8. The number of rotatable bonds is 2. The van der Waals surface area contributed by atoms with Crippen LogP contribution in [0.4, 0.5) is 0 Å². The number of carbonyl (C=O) groups is 2. The molecule has 0 radical (unpaired) electrons. The molecule has 20 heavy (non-hydrogen) atoms. The molecule has 1 heterocycles. The summed E-state index contributed by atoms with van der Waals surface area (Å²) in [4.78, 5) is 27.3. The van der Waals surface area contributed by atoms with Gasteiger partial charge < -0.3 is 5.11 Å². The molecule has 6 nitrogen and oxygen atoms in total. The third-order valence-corrected chi connectivity index (χ3v) is 2.91. The highest BCUT2D eigenvalue weighted by Crippen LogP contribution is 2.21. The van der Waals surface area contributed by atoms with Crippen LogP contribution in [0, 0.1) is 0 Å². The molecule has 2 amide bonds. The zero-order chi connectivity index (χ0) is 14.5. The molecule has 0 saturated carbocycles. The molecule has 1 aromatic heterocycles. The first-order valence-electron chi connectivity index (χ1n) is 5.57. The van der Waals surface area contributed by atoms with E-state index in [4.69, 9.17) is 0 Å². The lowest BCUT2D eigenvalue weighted by Gasteiger charge is -2.08. The average Bonchev–Trinajstić information content (AvgIpc) is 2.47. The number of hydrazine groups is 1. The van der Waals surface area contributed by atoms with E-state index < -0.39 is 11.8 Å². The third-order valence-electron chi connectivity index (χ3n) is 2.42. The van der Waals surface area contributed by atoms with Crippen molar-refractivity contribution in [3.63, 3.8) is 0 Å². The first-order chi connectivity index (χ1) is 9.58. The highest BCUT2D eigenvalue weighted by molar-refractivity contribution is 9.10. The lowest BCUT2D eigenvalue weighted by molar-refractivity contribution is 0.0844. The van der Waals surface area contributed by atoms with Crippen LogP contribution in [-0.2, 0) is 0 Å². The third kappa shape index (κ3) is 3.33. The molecule has 2 rings (SSSR count). The van der Waals surface area contributed by atoms with Gasteiger partial charge in [0.25, 0.3) is 11.8 Å². The fourth-order valence-electron chi connectivity index (χ4n) is 1.44. The van der Waals surface area contributed by atoms with E-state index in [1.165, 1.54) is 24.5 Å². The number of aromatic hydroxyl groups is 1. The van der Waals surface area contributed by atoms with Gasteiger partial charge in [0.2, 0.25) is 0 Å². The van der Waals surface area contributed by atoms with Gasteiger partial charge in [-0.05, 0) is 30.3 Å². The molecule has 2 aromatic rings. The summed E-state index contributed by atoms with van der Waals surface area (Å²) in [6.07, 6.45) is 2.91. The van der Waals surface area contributed by atoms with E-state index in [9.17, 15) is 14.7 Å². The minimum absolute atomic E-state index is 0.0471. The molecule has 3 N–H and O–H groups in total. The van der Waals surface area contributed by atoms with Crippen LogP contribution in [0.2, 0.25) is 0 Å². The van der Waals surface area contributed by atoms with Gasteiger partial charge in [0.05, 0.1) is 11.1 Å². The Morgan fingerprint density at radius 2 is 1.90 bits per heavy atom. The molecule has 0 aliphatic carbocycles. The van der Waals surface area contributed by atoms with Crippen LogP contribution in [0.15, 0.2) is 47.2 Å². The highest BCUT2D eigenvalue weighted by Gasteiger charge is 2.13. The van der Waals surface area contributed by atoms with Crippen LogP contribution >= 0.6 is 15.9 Å². The van der Waals surface area contributed by atoms with Crippen molar-refractivity contribution in [1.82, 2.24) is 15.8 Å². The Morgan fingerprint density at radius 1 is 1.15 bits per heavy atom. The molecule has 0 saturated heterocycles. The average molecular weight is 336 g/mol. The smallest absolute Gasteiger partial charge is 0.273 e. The molecule has 1 aromatic carbocycles. The van der Waals surface area contributed by atoms with Crippen molar-refractivity contribution in [1.29, 1.82) is 0 Å². The predicted molar refractivity (Wildman–Crippen MR) is 75.0 cm³/mol. The Hall–Kier alpha value is -2.41. The summed E-state index contributed by atoms with van der Waals surface area (Å²) in [7, 11) is 0. The number of hydrogen-bond donors (Lipinski definition) is 3. The van der Waals surface area contributed by atoms with E-state index in [0.29, 0.717) is 10.0 Å². The number of carbonyl (C=O) groups excluding carboxylic acids is 2. The molecule has 0 aliphatic rings. The number of hydrogen-bond acceptors (Lipinski definition) is 4. The summed E-state index contributed by atoms with van der Waals surface area (Å²) in [5.74, 6) is -1.30. The Balaban J connectivity index is 2.02. The number of halogens is 1. The van der Waals surface area contributed by atoms with Crippen LogP contribution < -0.4 is 10.9 Å². The quantitative estimate of drug-likeness (QED) is 0.727. The summed E-state index contributed by atoms with van der Waals surface area (Å²) in [6, 6.07) is 7.59. The van der Waals surface area contributed by atoms with Crippen molar-refractivity contribution < 1.29 is 14.7 Å². The number of benzene rings is 1. The van der Waals surface area contributed by atoms with Crippen LogP contribution in [0.5, 0.6) is 5.75 Å². The molecule has 7 heteroatoms. The first kappa shape index (κ1) is 14.0. The van der Waals surface area contributed by atoms with Crippen molar-refractivity contribution in [2.75, 3.05) is 0 Å². The van der Waals surface area contributed by atoms with Gasteiger partial charge in [-0.2, -0.15) is 0 Å². The Kier molecular flexibility index (Phi) is 4.31. The topological polar surface area (TPSA) is 91.3 Å². The van der Waals surface area contributed by atoms with Crippen molar-refractivity contribution in [3.05, 3.63) is 58.3 Å². The first-order valence-corrected chi connectivity index (χ1v) is 6.36. The van der Waals surface area contributed by atoms with E-state index >= 15 is 0 Å². The van der Waals surface area contributed by atoms with Crippen molar-refractivity contribution >= 4 is 27.7 Å². The zero-order valence-electron chi connectivity index (χ0n) is 10.1. The number of phenols is 1. The fraction of sp³-hybridized carbons (Fsp3) is 0. The van der Waals surface area contributed by atoms with Crippen molar-refractivity contribution in [2.24, 2.45) is 0 Å². The van der Waals surface area contributed by atoms with Crippen LogP contribution in [0.1, 0.15) is 20.7 Å². The number of nitrogens with one attached hydrogen (secondary N) is 2. The van der Waals surface area contributed by atoms with Gasteiger partial charge in [0, 0.05) is 16.9 Å². The summed E-state index contributed by atoms with van der Waals surface area (Å²) in [5, 5.41) is 9.58. The monoisotopic (exact) mass is 335 g/mol. The van der Waals surface area contributed by atoms with Gasteiger partial charge in [-0.1, -0.05) is 15.9 Å². The predicted octanol–water partition coefficient (Wildman–Crippen LogP) is 1.62. The van der Waals surface area contributed by atoms with E-state index in [-0.39, 0.29) is 11.3 Å². The standard InChI is InChI=1S/C13H10BrN3O3/c14-9-3-4-11(18)10(6-9)13(20)17-16-12(19)8-2-1-5-15-7-8/h1-7,18H,(H,16,19)(H,17,20). The molecule has 102 valence electrons. The lowest BCUT2D eigenvalue weighted by atomic mass is 10.2. The minimum Gasteiger partial charge on any atom is -0.507 e. The van der Waals surface area contributed by atoms with Gasteiger partial charge in [-0.15, -0.1) is 0 Å². The molecule has 0 atom stereocenters. The Morgan fingerprint density at radius 3 is 2.60 bits per heavy atom. The highest BCUT2D eigenvalue weighted by atomic mass is 79.9. The Labute approximate surface area is 122 Å². The number of pyridine rings is 1. The summed E-state index contributed by atoms with van der Waals surface area (Å²) in [5.41, 5.74) is 4.82. The zero-order valence-corrected chi connectivity index (χ0v) is 11.7. The fourth-order valence-corrected chi connectivity index (χ4v) is 1.80. The van der Waals surface area contributed by atoms with Gasteiger partial charge in [0.15, 0.2) is 0 Å². The van der Waals surface area contributed by atoms with E-state index in [0.717, 1.165) is 0 Å². The van der Waals surface area contributed by atoms with Crippen LogP contribution in [0.3, 0.4) is 0 Å². The maximum absolute atomic E-state index is 11.8. The van der Waals surface area contributed by atoms with E-state index in [2.05, 4.69) is 31.8 Å². The Bertz CT molecular complexity index is 647. The lowest BCUT2D eigenvalue weighted by Crippen LogP contribution is -2.41. The molecule has 0 unspecified atom stereocenters. The molecule has 0 aliphatic heterocycles. The molecular weight excluding hydrogens is 326 g/mol. The molecule has 0 spiro atoms. The van der Waals surface area contributed by atoms with Crippen molar-refractivity contribution in [3.8, 4) is 5.75 Å². The van der Waals surface area contributed by atoms with Gasteiger partial charge in [0.1, 0.15) is 5.75 Å². The largest absolute Gasteiger partial charge is 0.507 e. The summed E-state index contributed by atoms with van der Waals surface area (Å²) in [6.45, 7) is 0. The second kappa shape index (κ2) is 6.16. The molecule has 0 fully saturated rings. The van der Waals surface area contributed by atoms with Gasteiger partial charge >= 0.3 is 0 Å². The van der Waals surface area contributed by atoms with Crippen LogP contribution in [-0.4, -0.2) is 21.9 Å². The second-order valence-electron chi connectivity index (χ2n) is 3.81. The molecular formula is C13H10BrN3O3. The summed E-state index contributed by atoms with van der Waals surface area (Å²) >= 11 is 3.19. The van der Waals surface area contributed by atoms with Gasteiger partial charge in [-0.3, -0.25) is 25.4 Å². The molecule has 0 bridgehead atoms. The second-order valence-corrected chi connectivity index (χ2v) is 4.73. The number of aromatic nitrogens is 1. The summed E-state index contributed by atoms with van der Waals surface area (Å²) < 4.78 is 0.638. The van der Waals surface area contributed by atoms with Crippen LogP contribution in [0.25, 0.3) is 0 Å². The van der Waals surface area contributed by atoms with E-state index in [1.807, 2.05) is 0 Å². The number of amides is 2. The SMILES string of the molecule is O=C(NNC(=O)c1cc(Br)ccc1O)c1cccnc1. The van der Waals surface area contributed by atoms with Gasteiger partial charge in [-0.25, -0.2) is 0 Å². The minimum atomic E-state index is -0.624. The van der Waals surface area contributed by atoms with E-state index in [1.54, 1.807) is 18.2 Å². The van der Waals surface area contributed by atoms with Crippen molar-refractivity contribution in [2.45, 2.75) is 0 Å². The normalized spacial score (nSPS) is 9.85. The number of phenolic OH excluding ortho intramolecular Hbond substituents is 1. The maximum Gasteiger partial charge on any atom is 0.273 e. The number of nitrogens with zero attached hydrogens (tertiary/aromatic N) is 1.